The van der Waals surface area contributed by atoms with Crippen molar-refractivity contribution in [2.45, 2.75) is 95.4 Å². The van der Waals surface area contributed by atoms with Crippen LogP contribution in [0.5, 0.6) is 0 Å². The summed E-state index contributed by atoms with van der Waals surface area (Å²) in [4.78, 5) is 34.7. The third kappa shape index (κ3) is 5.72. The van der Waals surface area contributed by atoms with Crippen molar-refractivity contribution >= 4 is 29.0 Å². The van der Waals surface area contributed by atoms with E-state index in [4.69, 9.17) is 4.98 Å². The van der Waals surface area contributed by atoms with Crippen LogP contribution in [0.2, 0.25) is 0 Å². The molecule has 0 bridgehead atoms. The number of carbonyl (C=O) groups excluding carboxylic acids is 2. The van der Waals surface area contributed by atoms with Crippen LogP contribution in [-0.2, 0) is 0 Å². The highest BCUT2D eigenvalue weighted by Crippen LogP contribution is 2.40. The predicted molar refractivity (Wildman–Crippen MR) is 145 cm³/mol. The lowest BCUT2D eigenvalue weighted by Gasteiger charge is -2.31. The second-order valence-electron chi connectivity index (χ2n) is 10.6. The Morgan fingerprint density at radius 1 is 1.03 bits per heavy atom. The highest BCUT2D eigenvalue weighted by Gasteiger charge is 2.36. The van der Waals surface area contributed by atoms with Crippen LogP contribution in [0.25, 0.3) is 0 Å². The van der Waals surface area contributed by atoms with E-state index in [1.54, 1.807) is 11.3 Å². The summed E-state index contributed by atoms with van der Waals surface area (Å²) in [6.45, 7) is 2.81. The quantitative estimate of drug-likeness (QED) is 0.428. The minimum Gasteiger partial charge on any atom is -0.352 e. The number of hydrogen-bond donors (Lipinski definition) is 2. The molecule has 2 aromatic rings. The standard InChI is InChI=1S/C29H38N4O2S/c1-2-23-25(28-31-24(18-36-28)20-11-7-4-8-12-20)26(33-29(35)32-23)21-13-15-22(16-14-21)27(34)30-17-19-9-5-3-6-10-19/h13-16,18-20,25-26H,2-12,17H2,1H3,(H,30,34)(H,33,35). The SMILES string of the molecule is CCC1=NC(=O)NC(c2ccc(C(=O)NCC3CCCCC3)cc2)C1c1nc(C2CCCCC2)cs1. The number of urea groups is 1. The zero-order chi connectivity index (χ0) is 24.9. The van der Waals surface area contributed by atoms with Crippen molar-refractivity contribution < 1.29 is 9.59 Å². The normalized spacial score (nSPS) is 23.7. The number of thiazole rings is 1. The van der Waals surface area contributed by atoms with Gasteiger partial charge in [0.15, 0.2) is 0 Å². The molecular formula is C29H38N4O2S. The van der Waals surface area contributed by atoms with Crippen LogP contribution in [0.3, 0.4) is 0 Å². The minimum atomic E-state index is -0.300. The van der Waals surface area contributed by atoms with E-state index in [-0.39, 0.29) is 23.9 Å². The number of carbonyl (C=O) groups is 2. The largest absolute Gasteiger partial charge is 0.352 e. The van der Waals surface area contributed by atoms with Gasteiger partial charge in [-0.3, -0.25) is 4.79 Å². The maximum atomic E-state index is 12.8. The Balaban J connectivity index is 1.33. The Labute approximate surface area is 218 Å². The zero-order valence-electron chi connectivity index (χ0n) is 21.3. The van der Waals surface area contributed by atoms with Crippen molar-refractivity contribution in [2.24, 2.45) is 10.9 Å². The predicted octanol–water partition coefficient (Wildman–Crippen LogP) is 6.90. The molecule has 36 heavy (non-hydrogen) atoms. The fourth-order valence-corrected chi connectivity index (χ4v) is 7.17. The highest BCUT2D eigenvalue weighted by molar-refractivity contribution is 7.09. The summed E-state index contributed by atoms with van der Waals surface area (Å²) < 4.78 is 0. The maximum Gasteiger partial charge on any atom is 0.341 e. The number of nitrogens with zero attached hydrogens (tertiary/aromatic N) is 2. The third-order valence-corrected chi connectivity index (χ3v) is 9.16. The Morgan fingerprint density at radius 2 is 1.72 bits per heavy atom. The molecule has 3 aliphatic rings. The molecule has 2 fully saturated rings. The number of aliphatic imine (C=N–C) groups is 1. The maximum absolute atomic E-state index is 12.8. The van der Waals surface area contributed by atoms with Gasteiger partial charge in [-0.05, 0) is 55.7 Å². The smallest absolute Gasteiger partial charge is 0.341 e. The molecule has 2 heterocycles. The van der Waals surface area contributed by atoms with Crippen LogP contribution >= 0.6 is 11.3 Å². The fourth-order valence-electron chi connectivity index (χ4n) is 6.10. The van der Waals surface area contributed by atoms with E-state index < -0.39 is 0 Å². The van der Waals surface area contributed by atoms with E-state index in [1.165, 1.54) is 69.9 Å². The first-order valence-corrected chi connectivity index (χ1v) is 14.7. The summed E-state index contributed by atoms with van der Waals surface area (Å²) in [6.07, 6.45) is 13.3. The van der Waals surface area contributed by atoms with Gasteiger partial charge in [-0.25, -0.2) is 14.8 Å². The van der Waals surface area contributed by atoms with Crippen LogP contribution in [0, 0.1) is 5.92 Å². The summed E-state index contributed by atoms with van der Waals surface area (Å²) in [5, 5.41) is 9.45. The third-order valence-electron chi connectivity index (χ3n) is 8.22. The van der Waals surface area contributed by atoms with E-state index in [1.807, 2.05) is 24.3 Å². The van der Waals surface area contributed by atoms with Crippen molar-refractivity contribution in [1.29, 1.82) is 0 Å². The van der Waals surface area contributed by atoms with Gasteiger partial charge in [-0.1, -0.05) is 57.6 Å². The Kier molecular flexibility index (Phi) is 8.15. The van der Waals surface area contributed by atoms with Gasteiger partial charge in [0.1, 0.15) is 5.01 Å². The molecule has 6 nitrogen and oxygen atoms in total. The molecular weight excluding hydrogens is 468 g/mol. The molecule has 3 amide bonds. The molecule has 2 N–H and O–H groups in total. The van der Waals surface area contributed by atoms with Gasteiger partial charge in [0.25, 0.3) is 5.91 Å². The molecule has 1 aromatic carbocycles. The second kappa shape index (κ2) is 11.7. The number of aromatic nitrogens is 1. The van der Waals surface area contributed by atoms with Crippen molar-refractivity contribution in [2.75, 3.05) is 6.54 Å². The molecule has 1 aliphatic heterocycles. The molecule has 0 spiro atoms. The number of rotatable bonds is 7. The average molecular weight is 507 g/mol. The number of nitrogens with one attached hydrogen (secondary N) is 2. The second-order valence-corrected chi connectivity index (χ2v) is 11.5. The lowest BCUT2D eigenvalue weighted by molar-refractivity contribution is 0.0943. The molecule has 5 rings (SSSR count). The molecule has 2 saturated carbocycles. The van der Waals surface area contributed by atoms with Gasteiger partial charge in [0.05, 0.1) is 17.7 Å². The van der Waals surface area contributed by atoms with Crippen LogP contribution in [-0.4, -0.2) is 29.2 Å². The molecule has 0 saturated heterocycles. The summed E-state index contributed by atoms with van der Waals surface area (Å²) in [5.74, 6) is 1.04. The van der Waals surface area contributed by atoms with Gasteiger partial charge < -0.3 is 10.6 Å². The summed E-state index contributed by atoms with van der Waals surface area (Å²) in [5.41, 5.74) is 3.72. The summed E-state index contributed by atoms with van der Waals surface area (Å²) in [7, 11) is 0. The number of amides is 3. The van der Waals surface area contributed by atoms with Gasteiger partial charge in [-0.15, -0.1) is 11.3 Å². The Morgan fingerprint density at radius 3 is 2.42 bits per heavy atom. The molecule has 7 heteroatoms. The summed E-state index contributed by atoms with van der Waals surface area (Å²) >= 11 is 1.69. The van der Waals surface area contributed by atoms with Crippen molar-refractivity contribution in [3.8, 4) is 0 Å². The van der Waals surface area contributed by atoms with Gasteiger partial charge in [0, 0.05) is 29.1 Å². The van der Waals surface area contributed by atoms with E-state index in [0.29, 0.717) is 23.8 Å². The van der Waals surface area contributed by atoms with Crippen molar-refractivity contribution in [3.63, 3.8) is 0 Å². The molecule has 2 atom stereocenters. The minimum absolute atomic E-state index is 0.0239. The highest BCUT2D eigenvalue weighted by atomic mass is 32.1. The molecule has 1 aromatic heterocycles. The van der Waals surface area contributed by atoms with Crippen LogP contribution in [0.15, 0.2) is 34.6 Å². The lowest BCUT2D eigenvalue weighted by atomic mass is 9.86. The number of benzene rings is 1. The van der Waals surface area contributed by atoms with E-state index in [0.717, 1.165) is 22.8 Å². The van der Waals surface area contributed by atoms with E-state index in [2.05, 4.69) is 27.9 Å². The molecule has 0 radical (unpaired) electrons. The number of hydrogen-bond acceptors (Lipinski definition) is 4. The monoisotopic (exact) mass is 506 g/mol. The van der Waals surface area contributed by atoms with E-state index in [9.17, 15) is 9.59 Å². The van der Waals surface area contributed by atoms with Crippen molar-refractivity contribution in [3.05, 3.63) is 51.5 Å². The van der Waals surface area contributed by atoms with E-state index >= 15 is 0 Å². The van der Waals surface area contributed by atoms with Gasteiger partial charge in [-0.2, -0.15) is 0 Å². The zero-order valence-corrected chi connectivity index (χ0v) is 22.1. The molecule has 2 aliphatic carbocycles. The van der Waals surface area contributed by atoms with Gasteiger partial charge in [0.2, 0.25) is 0 Å². The first-order valence-electron chi connectivity index (χ1n) is 13.8. The lowest BCUT2D eigenvalue weighted by Crippen LogP contribution is -2.39. The molecule has 192 valence electrons. The van der Waals surface area contributed by atoms with Crippen LogP contribution < -0.4 is 10.6 Å². The van der Waals surface area contributed by atoms with Gasteiger partial charge >= 0.3 is 6.03 Å². The first kappa shape index (κ1) is 25.1. The van der Waals surface area contributed by atoms with Crippen molar-refractivity contribution in [1.82, 2.24) is 15.6 Å². The fraction of sp³-hybridized carbons (Fsp3) is 0.586. The van der Waals surface area contributed by atoms with Crippen LogP contribution in [0.1, 0.15) is 122 Å². The first-order chi connectivity index (χ1) is 17.6. The topological polar surface area (TPSA) is 83.5 Å². The molecule has 2 unspecified atom stereocenters. The Hall–Kier alpha value is -2.54. The summed E-state index contributed by atoms with van der Waals surface area (Å²) in [6, 6.07) is 7.16. The van der Waals surface area contributed by atoms with Crippen LogP contribution in [0.4, 0.5) is 4.79 Å². The average Bonchev–Trinajstić information content (AvgIpc) is 3.42. The Bertz CT molecular complexity index is 1080.